The number of aliphatic hydroxyl groups is 1. The summed E-state index contributed by atoms with van der Waals surface area (Å²) in [5, 5.41) is 33.8. The number of aryl methyl sites for hydroxylation is 1. The molecule has 0 fully saturated rings. The summed E-state index contributed by atoms with van der Waals surface area (Å²) in [6, 6.07) is 3.08. The molecule has 0 saturated heterocycles. The van der Waals surface area contributed by atoms with Crippen molar-refractivity contribution in [3.8, 4) is 5.75 Å². The lowest BCUT2D eigenvalue weighted by molar-refractivity contribution is -0.170. The number of hydrogen-bond acceptors (Lipinski definition) is 9. The smallest absolute Gasteiger partial charge is 0.341 e. The van der Waals surface area contributed by atoms with Crippen LogP contribution in [0.4, 0.5) is 0 Å². The highest BCUT2D eigenvalue weighted by molar-refractivity contribution is 5.94. The fourth-order valence-electron chi connectivity index (χ4n) is 2.79. The van der Waals surface area contributed by atoms with Crippen LogP contribution in [-0.2, 0) is 30.3 Å². The van der Waals surface area contributed by atoms with Crippen LogP contribution in [0.5, 0.6) is 5.75 Å². The van der Waals surface area contributed by atoms with E-state index in [1.165, 1.54) is 6.92 Å². The van der Waals surface area contributed by atoms with Gasteiger partial charge in [-0.3, -0.25) is 14.4 Å². The predicted molar refractivity (Wildman–Crippen MR) is 113 cm³/mol. The molecule has 1 aromatic rings. The number of nitrogens with two attached hydrogens (primary N) is 1. The van der Waals surface area contributed by atoms with Crippen molar-refractivity contribution in [1.82, 2.24) is 0 Å². The minimum atomic E-state index is -2.74. The number of carboxylic acid groups (broad SMARTS) is 3. The number of benzene rings is 1. The van der Waals surface area contributed by atoms with Crippen molar-refractivity contribution in [2.75, 3.05) is 6.61 Å². The van der Waals surface area contributed by atoms with Gasteiger partial charge in [-0.2, -0.15) is 0 Å². The van der Waals surface area contributed by atoms with Crippen LogP contribution in [0.2, 0.25) is 0 Å². The van der Waals surface area contributed by atoms with Crippen LogP contribution in [0.3, 0.4) is 0 Å². The van der Waals surface area contributed by atoms with Gasteiger partial charge in [0, 0.05) is 18.5 Å². The van der Waals surface area contributed by atoms with Gasteiger partial charge in [-0.25, -0.2) is 9.59 Å². The van der Waals surface area contributed by atoms with E-state index < -0.39 is 48.3 Å². The molecule has 0 saturated carbocycles. The van der Waals surface area contributed by atoms with Gasteiger partial charge in [0.15, 0.2) is 5.60 Å². The van der Waals surface area contributed by atoms with Gasteiger partial charge in [0.25, 0.3) is 0 Å². The molecule has 1 rings (SSSR count). The molecule has 0 heterocycles. The lowest BCUT2D eigenvalue weighted by Crippen LogP contribution is -2.42. The highest BCUT2D eigenvalue weighted by Crippen LogP contribution is 2.33. The number of rotatable bonds is 10. The summed E-state index contributed by atoms with van der Waals surface area (Å²) in [7, 11) is 0. The minimum Gasteiger partial charge on any atom is -0.481 e. The molecule has 1 unspecified atom stereocenters. The molecule has 0 aliphatic rings. The maximum absolute atomic E-state index is 12.0. The van der Waals surface area contributed by atoms with Crippen molar-refractivity contribution in [3.63, 3.8) is 0 Å². The number of esters is 2. The van der Waals surface area contributed by atoms with Crippen molar-refractivity contribution >= 4 is 29.8 Å². The lowest BCUT2D eigenvalue weighted by atomic mass is 9.95. The van der Waals surface area contributed by atoms with E-state index in [0.717, 1.165) is 12.0 Å². The molecule has 12 heteroatoms. The van der Waals surface area contributed by atoms with Gasteiger partial charge in [0.1, 0.15) is 11.3 Å². The summed E-state index contributed by atoms with van der Waals surface area (Å²) in [6.45, 7) is 7.02. The first-order chi connectivity index (χ1) is 15.2. The van der Waals surface area contributed by atoms with E-state index in [-0.39, 0.29) is 24.0 Å². The summed E-state index contributed by atoms with van der Waals surface area (Å²) >= 11 is 0. The SMILES string of the molecule is CCOC(=O)c1ccc(CC)c(C(C)N)c1OC(C)=O.O=C(O)CC(O)(CC(=O)O)C(=O)O. The van der Waals surface area contributed by atoms with Crippen molar-refractivity contribution < 1.29 is 53.9 Å². The van der Waals surface area contributed by atoms with Gasteiger partial charge < -0.3 is 35.6 Å². The van der Waals surface area contributed by atoms with Crippen molar-refractivity contribution in [2.24, 2.45) is 5.73 Å². The van der Waals surface area contributed by atoms with Crippen LogP contribution < -0.4 is 10.5 Å². The molecular weight excluding hydrogens is 442 g/mol. The van der Waals surface area contributed by atoms with Gasteiger partial charge >= 0.3 is 29.8 Å². The molecule has 0 aromatic heterocycles. The third-order valence-electron chi connectivity index (χ3n) is 4.15. The standard InChI is InChI=1S/C15H21NO4.C6H8O7/c1-5-11-7-8-12(15(18)19-6-2)14(20-10(4)17)13(11)9(3)16;7-3(8)1-6(13,5(11)12)2-4(9)10/h7-9H,5-6,16H2,1-4H3;13H,1-2H2,(H,7,8)(H,9,10)(H,11,12). The normalized spacial score (nSPS) is 11.5. The molecule has 33 heavy (non-hydrogen) atoms. The number of carbonyl (C=O) groups is 5. The number of hydrogen-bond donors (Lipinski definition) is 5. The van der Waals surface area contributed by atoms with Crippen LogP contribution >= 0.6 is 0 Å². The molecule has 12 nitrogen and oxygen atoms in total. The Balaban J connectivity index is 0.000000684. The first kappa shape index (κ1) is 29.5. The van der Waals surface area contributed by atoms with E-state index in [1.54, 1.807) is 19.9 Å². The second-order valence-electron chi connectivity index (χ2n) is 6.95. The summed E-state index contributed by atoms with van der Waals surface area (Å²) in [5.74, 6) is -5.82. The van der Waals surface area contributed by atoms with E-state index in [4.69, 9.17) is 35.6 Å². The van der Waals surface area contributed by atoms with Gasteiger partial charge in [0.05, 0.1) is 19.4 Å². The number of aliphatic carboxylic acids is 3. The van der Waals surface area contributed by atoms with Gasteiger partial charge in [-0.1, -0.05) is 13.0 Å². The largest absolute Gasteiger partial charge is 0.481 e. The zero-order chi connectivity index (χ0) is 25.9. The number of carboxylic acids is 3. The van der Waals surface area contributed by atoms with Crippen LogP contribution in [-0.4, -0.2) is 62.5 Å². The molecule has 0 radical (unpaired) electrons. The van der Waals surface area contributed by atoms with Crippen molar-refractivity contribution in [2.45, 2.75) is 58.6 Å². The molecule has 0 aliphatic heterocycles. The fourth-order valence-corrected chi connectivity index (χ4v) is 2.79. The highest BCUT2D eigenvalue weighted by atomic mass is 16.5. The van der Waals surface area contributed by atoms with Crippen molar-refractivity contribution in [3.05, 3.63) is 28.8 Å². The summed E-state index contributed by atoms with van der Waals surface area (Å²) in [4.78, 5) is 53.8. The molecule has 0 amide bonds. The highest BCUT2D eigenvalue weighted by Gasteiger charge is 2.40. The maximum atomic E-state index is 12.0. The van der Waals surface area contributed by atoms with E-state index >= 15 is 0 Å². The summed E-state index contributed by atoms with van der Waals surface area (Å²) in [6.07, 6.45) is -1.56. The first-order valence-electron chi connectivity index (χ1n) is 9.86. The zero-order valence-electron chi connectivity index (χ0n) is 18.8. The topological polar surface area (TPSA) is 211 Å². The van der Waals surface area contributed by atoms with Crippen LogP contribution in [0, 0.1) is 0 Å². The second-order valence-corrected chi connectivity index (χ2v) is 6.95. The monoisotopic (exact) mass is 471 g/mol. The summed E-state index contributed by atoms with van der Waals surface area (Å²) < 4.78 is 10.2. The Bertz CT molecular complexity index is 876. The van der Waals surface area contributed by atoms with E-state index in [1.807, 2.05) is 13.0 Å². The van der Waals surface area contributed by atoms with Crippen LogP contribution in [0.1, 0.15) is 68.1 Å². The molecule has 184 valence electrons. The number of carbonyl (C=O) groups excluding carboxylic acids is 2. The molecule has 6 N–H and O–H groups in total. The third-order valence-corrected chi connectivity index (χ3v) is 4.15. The summed E-state index contributed by atoms with van der Waals surface area (Å²) in [5.41, 5.74) is 5.08. The van der Waals surface area contributed by atoms with Gasteiger partial charge in [0.2, 0.25) is 0 Å². The van der Waals surface area contributed by atoms with Crippen LogP contribution in [0.25, 0.3) is 0 Å². The average molecular weight is 471 g/mol. The second kappa shape index (κ2) is 13.1. The fraction of sp³-hybridized carbons (Fsp3) is 0.476. The van der Waals surface area contributed by atoms with Gasteiger partial charge in [-0.15, -0.1) is 0 Å². The number of ether oxygens (including phenoxy) is 2. The van der Waals surface area contributed by atoms with E-state index in [2.05, 4.69) is 0 Å². The predicted octanol–water partition coefficient (Wildman–Crippen LogP) is 1.12. The Hall–Kier alpha value is -3.51. The van der Waals surface area contributed by atoms with Crippen molar-refractivity contribution in [1.29, 1.82) is 0 Å². The minimum absolute atomic E-state index is 0.213. The molecular formula is C21H29NO11. The van der Waals surface area contributed by atoms with E-state index in [9.17, 15) is 24.0 Å². The lowest BCUT2D eigenvalue weighted by Gasteiger charge is -2.19. The average Bonchev–Trinajstić information content (AvgIpc) is 2.66. The molecule has 1 atom stereocenters. The molecule has 0 bridgehead atoms. The molecule has 0 aliphatic carbocycles. The Morgan fingerprint density at radius 1 is 1.03 bits per heavy atom. The molecule has 1 aromatic carbocycles. The Morgan fingerprint density at radius 2 is 1.55 bits per heavy atom. The maximum Gasteiger partial charge on any atom is 0.341 e. The van der Waals surface area contributed by atoms with Gasteiger partial charge in [-0.05, 0) is 31.9 Å². The van der Waals surface area contributed by atoms with E-state index in [0.29, 0.717) is 5.56 Å². The van der Waals surface area contributed by atoms with Crippen LogP contribution in [0.15, 0.2) is 12.1 Å². The zero-order valence-corrected chi connectivity index (χ0v) is 18.8. The quantitative estimate of drug-likeness (QED) is 0.240. The Kier molecular flexibility index (Phi) is 11.7. The molecule has 0 spiro atoms. The first-order valence-corrected chi connectivity index (χ1v) is 9.86. The Labute approximate surface area is 189 Å². The third kappa shape index (κ3) is 9.25. The Morgan fingerprint density at radius 3 is 1.88 bits per heavy atom.